The molecule has 4 heteroatoms. The maximum absolute atomic E-state index is 11.4. The van der Waals surface area contributed by atoms with Gasteiger partial charge in [-0.1, -0.05) is 0 Å². The molecule has 1 amide bonds. The Kier molecular flexibility index (Phi) is 4.59. The Morgan fingerprint density at radius 3 is 2.22 bits per heavy atom. The Hall–Kier alpha value is -1.71. The SMILES string of the molecule is CN(C)C(=O)CNc1ccc(OC(C)(C)C)cc1. The molecule has 0 unspecified atom stereocenters. The summed E-state index contributed by atoms with van der Waals surface area (Å²) in [5.41, 5.74) is 0.710. The van der Waals surface area contributed by atoms with Gasteiger partial charge in [-0.15, -0.1) is 0 Å². The van der Waals surface area contributed by atoms with Crippen molar-refractivity contribution >= 4 is 11.6 Å². The number of rotatable bonds is 4. The number of hydrogen-bond donors (Lipinski definition) is 1. The van der Waals surface area contributed by atoms with Gasteiger partial charge in [-0.25, -0.2) is 0 Å². The molecule has 0 fully saturated rings. The van der Waals surface area contributed by atoms with E-state index < -0.39 is 0 Å². The molecule has 100 valence electrons. The van der Waals surface area contributed by atoms with E-state index in [2.05, 4.69) is 5.32 Å². The zero-order chi connectivity index (χ0) is 13.8. The fourth-order valence-corrected chi connectivity index (χ4v) is 1.33. The highest BCUT2D eigenvalue weighted by Gasteiger charge is 2.11. The topological polar surface area (TPSA) is 41.6 Å². The Morgan fingerprint density at radius 2 is 1.78 bits per heavy atom. The molecule has 0 atom stereocenters. The molecule has 1 rings (SSSR count). The quantitative estimate of drug-likeness (QED) is 0.892. The monoisotopic (exact) mass is 250 g/mol. The predicted molar refractivity (Wildman–Crippen MR) is 74.0 cm³/mol. The summed E-state index contributed by atoms with van der Waals surface area (Å²) < 4.78 is 5.72. The van der Waals surface area contributed by atoms with E-state index in [1.807, 2.05) is 45.0 Å². The summed E-state index contributed by atoms with van der Waals surface area (Å²) in [6.07, 6.45) is 0. The van der Waals surface area contributed by atoms with Crippen LogP contribution in [0.25, 0.3) is 0 Å². The Balaban J connectivity index is 2.53. The van der Waals surface area contributed by atoms with Gasteiger partial charge in [0.1, 0.15) is 11.4 Å². The van der Waals surface area contributed by atoms with Crippen molar-refractivity contribution in [1.82, 2.24) is 4.90 Å². The second-order valence-electron chi connectivity index (χ2n) is 5.38. The van der Waals surface area contributed by atoms with Crippen LogP contribution in [0.3, 0.4) is 0 Å². The first-order valence-corrected chi connectivity index (χ1v) is 6.01. The molecule has 1 aromatic rings. The maximum Gasteiger partial charge on any atom is 0.241 e. The Bertz CT molecular complexity index is 391. The van der Waals surface area contributed by atoms with E-state index in [-0.39, 0.29) is 11.5 Å². The van der Waals surface area contributed by atoms with Gasteiger partial charge in [-0.05, 0) is 45.0 Å². The largest absolute Gasteiger partial charge is 0.488 e. The highest BCUT2D eigenvalue weighted by molar-refractivity contribution is 5.80. The first-order chi connectivity index (χ1) is 8.28. The number of carbonyl (C=O) groups excluding carboxylic acids is 1. The van der Waals surface area contributed by atoms with E-state index in [9.17, 15) is 4.79 Å². The van der Waals surface area contributed by atoms with E-state index >= 15 is 0 Å². The summed E-state index contributed by atoms with van der Waals surface area (Å²) in [4.78, 5) is 13.0. The van der Waals surface area contributed by atoms with Crippen LogP contribution in [0.15, 0.2) is 24.3 Å². The second kappa shape index (κ2) is 5.76. The minimum Gasteiger partial charge on any atom is -0.488 e. The summed E-state index contributed by atoms with van der Waals surface area (Å²) in [5, 5.41) is 3.07. The lowest BCUT2D eigenvalue weighted by atomic mass is 10.2. The summed E-state index contributed by atoms with van der Waals surface area (Å²) >= 11 is 0. The minimum absolute atomic E-state index is 0.0463. The number of nitrogens with one attached hydrogen (secondary N) is 1. The van der Waals surface area contributed by atoms with Crippen molar-refractivity contribution < 1.29 is 9.53 Å². The zero-order valence-corrected chi connectivity index (χ0v) is 11.8. The summed E-state index contributed by atoms with van der Waals surface area (Å²) in [6.45, 7) is 6.32. The lowest BCUT2D eigenvalue weighted by Gasteiger charge is -2.21. The molecule has 0 saturated heterocycles. The van der Waals surface area contributed by atoms with Crippen LogP contribution in [0, 0.1) is 0 Å². The van der Waals surface area contributed by atoms with Gasteiger partial charge in [0.25, 0.3) is 0 Å². The molecule has 0 aromatic heterocycles. The number of nitrogens with zero attached hydrogens (tertiary/aromatic N) is 1. The molecule has 0 bridgehead atoms. The average Bonchev–Trinajstić information content (AvgIpc) is 2.25. The fourth-order valence-electron chi connectivity index (χ4n) is 1.33. The van der Waals surface area contributed by atoms with E-state index in [4.69, 9.17) is 4.74 Å². The van der Waals surface area contributed by atoms with Gasteiger partial charge in [-0.2, -0.15) is 0 Å². The molecule has 4 nitrogen and oxygen atoms in total. The van der Waals surface area contributed by atoms with Gasteiger partial charge in [0.05, 0.1) is 6.54 Å². The number of ether oxygens (including phenoxy) is 1. The van der Waals surface area contributed by atoms with Gasteiger partial charge in [0.15, 0.2) is 0 Å². The third-order valence-corrected chi connectivity index (χ3v) is 2.22. The summed E-state index contributed by atoms with van der Waals surface area (Å²) in [6, 6.07) is 7.61. The van der Waals surface area contributed by atoms with Crippen LogP contribution < -0.4 is 10.1 Å². The van der Waals surface area contributed by atoms with Crippen LogP contribution in [-0.2, 0) is 4.79 Å². The van der Waals surface area contributed by atoms with Gasteiger partial charge in [0.2, 0.25) is 5.91 Å². The second-order valence-corrected chi connectivity index (χ2v) is 5.38. The Labute approximate surface area is 109 Å². The van der Waals surface area contributed by atoms with Crippen LogP contribution in [0.5, 0.6) is 5.75 Å². The van der Waals surface area contributed by atoms with Crippen molar-refractivity contribution in [2.24, 2.45) is 0 Å². The standard InChI is InChI=1S/C14H22N2O2/c1-14(2,3)18-12-8-6-11(7-9-12)15-10-13(17)16(4)5/h6-9,15H,10H2,1-5H3. The molecule has 18 heavy (non-hydrogen) atoms. The molecule has 1 N–H and O–H groups in total. The third kappa shape index (κ3) is 5.08. The number of benzene rings is 1. The molecule has 0 heterocycles. The smallest absolute Gasteiger partial charge is 0.241 e. The highest BCUT2D eigenvalue weighted by atomic mass is 16.5. The molecular formula is C14H22N2O2. The number of anilines is 1. The van der Waals surface area contributed by atoms with E-state index in [1.54, 1.807) is 19.0 Å². The van der Waals surface area contributed by atoms with Crippen LogP contribution in [0.1, 0.15) is 20.8 Å². The molecule has 0 aliphatic rings. The van der Waals surface area contributed by atoms with Gasteiger partial charge in [0, 0.05) is 19.8 Å². The number of likely N-dealkylation sites (N-methyl/N-ethyl adjacent to an activating group) is 1. The van der Waals surface area contributed by atoms with Crippen molar-refractivity contribution in [3.63, 3.8) is 0 Å². The van der Waals surface area contributed by atoms with Crippen molar-refractivity contribution in [2.75, 3.05) is 26.0 Å². The Morgan fingerprint density at radius 1 is 1.22 bits per heavy atom. The predicted octanol–water partition coefficient (Wildman–Crippen LogP) is 2.36. The molecule has 0 radical (unpaired) electrons. The number of amides is 1. The van der Waals surface area contributed by atoms with Crippen LogP contribution in [0.2, 0.25) is 0 Å². The lowest BCUT2D eigenvalue weighted by Crippen LogP contribution is -2.28. The fraction of sp³-hybridized carbons (Fsp3) is 0.500. The van der Waals surface area contributed by atoms with Crippen molar-refractivity contribution in [3.8, 4) is 5.75 Å². The van der Waals surface area contributed by atoms with Crippen LogP contribution in [-0.4, -0.2) is 37.0 Å². The summed E-state index contributed by atoms with van der Waals surface area (Å²) in [7, 11) is 3.48. The molecule has 0 spiro atoms. The van der Waals surface area contributed by atoms with Crippen molar-refractivity contribution in [3.05, 3.63) is 24.3 Å². The molecule has 0 aliphatic heterocycles. The lowest BCUT2D eigenvalue weighted by molar-refractivity contribution is -0.126. The first-order valence-electron chi connectivity index (χ1n) is 6.01. The van der Waals surface area contributed by atoms with Gasteiger partial charge in [-0.3, -0.25) is 4.79 Å². The van der Waals surface area contributed by atoms with Crippen molar-refractivity contribution in [1.29, 1.82) is 0 Å². The number of hydrogen-bond acceptors (Lipinski definition) is 3. The van der Waals surface area contributed by atoms with E-state index in [0.717, 1.165) is 11.4 Å². The highest BCUT2D eigenvalue weighted by Crippen LogP contribution is 2.20. The maximum atomic E-state index is 11.4. The van der Waals surface area contributed by atoms with Crippen LogP contribution >= 0.6 is 0 Å². The molecule has 0 saturated carbocycles. The molecule has 1 aromatic carbocycles. The summed E-state index contributed by atoms with van der Waals surface area (Å²) in [5.74, 6) is 0.872. The normalized spacial score (nSPS) is 10.9. The average molecular weight is 250 g/mol. The third-order valence-electron chi connectivity index (χ3n) is 2.22. The van der Waals surface area contributed by atoms with E-state index in [0.29, 0.717) is 6.54 Å². The van der Waals surface area contributed by atoms with Crippen molar-refractivity contribution in [2.45, 2.75) is 26.4 Å². The molecule has 0 aliphatic carbocycles. The van der Waals surface area contributed by atoms with Gasteiger partial charge >= 0.3 is 0 Å². The number of carbonyl (C=O) groups is 1. The van der Waals surface area contributed by atoms with Crippen LogP contribution in [0.4, 0.5) is 5.69 Å². The molecular weight excluding hydrogens is 228 g/mol. The minimum atomic E-state index is -0.199. The zero-order valence-electron chi connectivity index (χ0n) is 11.8. The van der Waals surface area contributed by atoms with Gasteiger partial charge < -0.3 is 15.0 Å². The first kappa shape index (κ1) is 14.4. The van der Waals surface area contributed by atoms with E-state index in [1.165, 1.54) is 0 Å².